The topological polar surface area (TPSA) is 43.9 Å². The molecular formula is C24H30ClN3O2S. The van der Waals surface area contributed by atoms with Crippen molar-refractivity contribution in [2.24, 2.45) is 0 Å². The van der Waals surface area contributed by atoms with Crippen LogP contribution in [0.25, 0.3) is 0 Å². The maximum atomic E-state index is 13.6. The van der Waals surface area contributed by atoms with Crippen LogP contribution < -0.4 is 0 Å². The minimum Gasteiger partial charge on any atom is -0.340 e. The molecule has 1 aromatic carbocycles. The molecule has 2 amide bonds. The number of halogens is 1. The summed E-state index contributed by atoms with van der Waals surface area (Å²) in [5.74, 6) is 0.0984. The van der Waals surface area contributed by atoms with Crippen molar-refractivity contribution in [3.63, 3.8) is 0 Å². The van der Waals surface area contributed by atoms with Gasteiger partial charge < -0.3 is 9.80 Å². The molecule has 31 heavy (non-hydrogen) atoms. The minimum atomic E-state index is -0.229. The van der Waals surface area contributed by atoms with Gasteiger partial charge in [-0.2, -0.15) is 0 Å². The fourth-order valence-corrected chi connectivity index (χ4v) is 5.94. The predicted molar refractivity (Wildman–Crippen MR) is 126 cm³/mol. The van der Waals surface area contributed by atoms with Crippen molar-refractivity contribution in [1.82, 2.24) is 14.7 Å². The molecule has 0 aliphatic carbocycles. The van der Waals surface area contributed by atoms with Crippen molar-refractivity contribution in [1.29, 1.82) is 0 Å². The standard InChI is InChI=1S/C24H30ClN3O2S/c1-17-6-3-4-7-19(17)23-20-9-15-31-21(20)8-12-28(23)18(2)24(30)27-11-5-10-26(13-14-27)22(29)16-25/h3-4,6-7,9,15,18,23H,5,8,10-14,16H2,1-2H3/t18-,23-/m0/s1. The third-order valence-corrected chi connectivity index (χ3v) is 7.84. The molecule has 0 N–H and O–H groups in total. The Kier molecular flexibility index (Phi) is 6.99. The van der Waals surface area contributed by atoms with E-state index in [2.05, 4.69) is 47.5 Å². The van der Waals surface area contributed by atoms with Gasteiger partial charge >= 0.3 is 0 Å². The zero-order valence-electron chi connectivity index (χ0n) is 18.2. The molecule has 0 unspecified atom stereocenters. The molecule has 1 aromatic heterocycles. The summed E-state index contributed by atoms with van der Waals surface area (Å²) in [4.78, 5) is 33.1. The average Bonchev–Trinajstić information content (AvgIpc) is 3.13. The zero-order chi connectivity index (χ0) is 22.0. The van der Waals surface area contributed by atoms with Gasteiger partial charge in [0.05, 0.1) is 12.1 Å². The molecule has 4 rings (SSSR count). The number of nitrogens with zero attached hydrogens (tertiary/aromatic N) is 3. The van der Waals surface area contributed by atoms with Crippen LogP contribution in [0.2, 0.25) is 0 Å². The van der Waals surface area contributed by atoms with E-state index in [1.54, 1.807) is 4.90 Å². The normalized spacial score (nSPS) is 20.8. The first-order valence-corrected chi connectivity index (χ1v) is 12.4. The number of aryl methyl sites for hydroxylation is 1. The quantitative estimate of drug-likeness (QED) is 0.655. The lowest BCUT2D eigenvalue weighted by atomic mass is 9.89. The van der Waals surface area contributed by atoms with Gasteiger partial charge in [-0.15, -0.1) is 22.9 Å². The molecule has 0 radical (unpaired) electrons. The van der Waals surface area contributed by atoms with E-state index in [1.165, 1.54) is 21.6 Å². The summed E-state index contributed by atoms with van der Waals surface area (Å²) in [7, 11) is 0. The molecule has 5 nitrogen and oxygen atoms in total. The van der Waals surface area contributed by atoms with Crippen LogP contribution >= 0.6 is 22.9 Å². The monoisotopic (exact) mass is 459 g/mol. The smallest absolute Gasteiger partial charge is 0.239 e. The van der Waals surface area contributed by atoms with E-state index >= 15 is 0 Å². The van der Waals surface area contributed by atoms with Gasteiger partial charge in [-0.25, -0.2) is 0 Å². The third kappa shape index (κ3) is 4.52. The van der Waals surface area contributed by atoms with Crippen LogP contribution in [0.3, 0.4) is 0 Å². The lowest BCUT2D eigenvalue weighted by Crippen LogP contribution is -2.51. The first-order valence-electron chi connectivity index (χ1n) is 11.0. The lowest BCUT2D eigenvalue weighted by Gasteiger charge is -2.41. The Balaban J connectivity index is 1.56. The van der Waals surface area contributed by atoms with Crippen LogP contribution in [0.1, 0.15) is 41.0 Å². The third-order valence-electron chi connectivity index (χ3n) is 6.62. The number of carbonyl (C=O) groups excluding carboxylic acids is 2. The number of benzene rings is 1. The highest BCUT2D eigenvalue weighted by Gasteiger charge is 2.37. The molecule has 2 aliphatic heterocycles. The Morgan fingerprint density at radius 1 is 1.06 bits per heavy atom. The number of rotatable bonds is 4. The summed E-state index contributed by atoms with van der Waals surface area (Å²) < 4.78 is 0. The maximum Gasteiger partial charge on any atom is 0.239 e. The summed E-state index contributed by atoms with van der Waals surface area (Å²) in [5.41, 5.74) is 3.86. The van der Waals surface area contributed by atoms with E-state index in [0.717, 1.165) is 19.4 Å². The molecular weight excluding hydrogens is 430 g/mol. The van der Waals surface area contributed by atoms with Gasteiger partial charge in [-0.1, -0.05) is 24.3 Å². The van der Waals surface area contributed by atoms with Gasteiger partial charge in [-0.3, -0.25) is 14.5 Å². The molecule has 7 heteroatoms. The maximum absolute atomic E-state index is 13.6. The largest absolute Gasteiger partial charge is 0.340 e. The Morgan fingerprint density at radius 2 is 1.81 bits per heavy atom. The summed E-state index contributed by atoms with van der Waals surface area (Å²) in [6.45, 7) is 7.53. The molecule has 2 atom stereocenters. The highest BCUT2D eigenvalue weighted by atomic mass is 35.5. The van der Waals surface area contributed by atoms with E-state index in [4.69, 9.17) is 11.6 Å². The first kappa shape index (κ1) is 22.3. The van der Waals surface area contributed by atoms with E-state index in [1.807, 2.05) is 23.2 Å². The molecule has 2 aromatic rings. The summed E-state index contributed by atoms with van der Waals surface area (Å²) in [6, 6.07) is 10.6. The number of fused-ring (bicyclic) bond motifs is 1. The second kappa shape index (κ2) is 9.72. The van der Waals surface area contributed by atoms with Crippen LogP contribution in [-0.4, -0.2) is 71.2 Å². The van der Waals surface area contributed by atoms with Crippen molar-refractivity contribution in [2.45, 2.75) is 38.8 Å². The Labute approximate surface area is 193 Å². The number of hydrogen-bond acceptors (Lipinski definition) is 4. The van der Waals surface area contributed by atoms with E-state index in [-0.39, 0.29) is 29.8 Å². The molecule has 0 spiro atoms. The summed E-state index contributed by atoms with van der Waals surface area (Å²) >= 11 is 7.55. The Bertz CT molecular complexity index is 946. The van der Waals surface area contributed by atoms with E-state index in [0.29, 0.717) is 26.2 Å². The SMILES string of the molecule is Cc1ccccc1[C@H]1c2ccsc2CCN1[C@@H](C)C(=O)N1CCCN(C(=O)CCl)CC1. The molecule has 0 saturated carbocycles. The highest BCUT2D eigenvalue weighted by Crippen LogP contribution is 2.40. The second-order valence-corrected chi connectivity index (χ2v) is 9.68. The van der Waals surface area contributed by atoms with Gasteiger partial charge in [0.15, 0.2) is 0 Å². The van der Waals surface area contributed by atoms with Crippen molar-refractivity contribution in [3.05, 3.63) is 57.3 Å². The minimum absolute atomic E-state index is 0.000786. The summed E-state index contributed by atoms with van der Waals surface area (Å²) in [5, 5.41) is 2.17. The van der Waals surface area contributed by atoms with Crippen molar-refractivity contribution in [3.8, 4) is 0 Å². The average molecular weight is 460 g/mol. The molecule has 1 fully saturated rings. The number of carbonyl (C=O) groups is 2. The van der Waals surface area contributed by atoms with Gasteiger partial charge in [0.25, 0.3) is 0 Å². The predicted octanol–water partition coefficient (Wildman–Crippen LogP) is 3.69. The van der Waals surface area contributed by atoms with Gasteiger partial charge in [0, 0.05) is 37.6 Å². The van der Waals surface area contributed by atoms with E-state index < -0.39 is 0 Å². The highest BCUT2D eigenvalue weighted by molar-refractivity contribution is 7.10. The van der Waals surface area contributed by atoms with Crippen molar-refractivity contribution in [2.75, 3.05) is 38.6 Å². The van der Waals surface area contributed by atoms with Crippen LogP contribution in [0, 0.1) is 6.92 Å². The fraction of sp³-hybridized carbons (Fsp3) is 0.500. The van der Waals surface area contributed by atoms with Gasteiger partial charge in [0.1, 0.15) is 5.88 Å². The van der Waals surface area contributed by atoms with Crippen LogP contribution in [0.15, 0.2) is 35.7 Å². The number of alkyl halides is 1. The second-order valence-electron chi connectivity index (χ2n) is 8.42. The van der Waals surface area contributed by atoms with E-state index in [9.17, 15) is 9.59 Å². The number of amides is 2. The van der Waals surface area contributed by atoms with Crippen LogP contribution in [0.5, 0.6) is 0 Å². The first-order chi connectivity index (χ1) is 15.0. The molecule has 3 heterocycles. The summed E-state index contributed by atoms with van der Waals surface area (Å²) in [6.07, 6.45) is 1.77. The Morgan fingerprint density at radius 3 is 2.58 bits per heavy atom. The van der Waals surface area contributed by atoms with Crippen molar-refractivity contribution < 1.29 is 9.59 Å². The fourth-order valence-electron chi connectivity index (χ4n) is 4.87. The molecule has 0 bridgehead atoms. The number of thiophene rings is 1. The Hall–Kier alpha value is -1.89. The van der Waals surface area contributed by atoms with Crippen molar-refractivity contribution >= 4 is 34.8 Å². The number of hydrogen-bond donors (Lipinski definition) is 0. The zero-order valence-corrected chi connectivity index (χ0v) is 19.8. The molecule has 166 valence electrons. The molecule has 2 aliphatic rings. The van der Waals surface area contributed by atoms with Gasteiger partial charge in [-0.05, 0) is 54.8 Å². The van der Waals surface area contributed by atoms with Crippen LogP contribution in [-0.2, 0) is 16.0 Å². The van der Waals surface area contributed by atoms with Gasteiger partial charge in [0.2, 0.25) is 11.8 Å². The lowest BCUT2D eigenvalue weighted by molar-refractivity contribution is -0.137. The molecule has 1 saturated heterocycles. The van der Waals surface area contributed by atoms with Crippen LogP contribution in [0.4, 0.5) is 0 Å².